The van der Waals surface area contributed by atoms with Gasteiger partial charge < -0.3 is 10.0 Å². The number of rotatable bonds is 4. The van der Waals surface area contributed by atoms with E-state index in [0.717, 1.165) is 6.42 Å². The topological polar surface area (TPSA) is 58.4 Å². The van der Waals surface area contributed by atoms with Crippen molar-refractivity contribution < 1.29 is 23.1 Å². The summed E-state index contributed by atoms with van der Waals surface area (Å²) in [5.74, 6) is -0.413. The van der Waals surface area contributed by atoms with E-state index in [2.05, 4.69) is 5.10 Å². The van der Waals surface area contributed by atoms with Gasteiger partial charge in [-0.25, -0.2) is 0 Å². The van der Waals surface area contributed by atoms with Crippen molar-refractivity contribution in [3.8, 4) is 0 Å². The van der Waals surface area contributed by atoms with Crippen LogP contribution in [0.15, 0.2) is 41.6 Å². The summed E-state index contributed by atoms with van der Waals surface area (Å²) in [5.41, 5.74) is -4.76. The second-order valence-corrected chi connectivity index (χ2v) is 8.96. The number of amides is 1. The summed E-state index contributed by atoms with van der Waals surface area (Å²) in [6.45, 7) is 5.59. The number of aliphatic hydroxyl groups is 1. The lowest BCUT2D eigenvalue weighted by atomic mass is 9.98. The molecule has 3 rings (SSSR count). The first-order valence-corrected chi connectivity index (χ1v) is 10.2. The van der Waals surface area contributed by atoms with Gasteiger partial charge >= 0.3 is 5.51 Å². The van der Waals surface area contributed by atoms with Crippen LogP contribution in [0.4, 0.5) is 13.2 Å². The molecule has 5 nitrogen and oxygen atoms in total. The van der Waals surface area contributed by atoms with E-state index >= 15 is 0 Å². The predicted octanol–water partition coefficient (Wildman–Crippen LogP) is 4.59. The molecular weight excluding hydrogens is 403 g/mol. The van der Waals surface area contributed by atoms with Crippen LogP contribution in [-0.2, 0) is 5.60 Å². The Morgan fingerprint density at radius 3 is 2.55 bits per heavy atom. The lowest BCUT2D eigenvalue weighted by Gasteiger charge is -2.38. The number of thioether (sulfide) groups is 1. The Balaban J connectivity index is 1.83. The molecule has 1 aliphatic rings. The second kappa shape index (κ2) is 8.02. The van der Waals surface area contributed by atoms with E-state index in [1.807, 2.05) is 6.92 Å². The number of alkyl halides is 3. The summed E-state index contributed by atoms with van der Waals surface area (Å²) in [4.78, 5) is 14.7. The van der Waals surface area contributed by atoms with Gasteiger partial charge in [0.2, 0.25) is 0 Å². The minimum atomic E-state index is -4.46. The molecule has 2 heterocycles. The number of benzene rings is 1. The van der Waals surface area contributed by atoms with E-state index in [9.17, 15) is 23.1 Å². The molecule has 0 saturated carbocycles. The lowest BCUT2D eigenvalue weighted by Crippen LogP contribution is -2.46. The van der Waals surface area contributed by atoms with Crippen LogP contribution in [0.2, 0.25) is 0 Å². The molecule has 0 aliphatic carbocycles. The second-order valence-electron chi connectivity index (χ2n) is 7.85. The third-order valence-electron chi connectivity index (χ3n) is 5.14. The van der Waals surface area contributed by atoms with Crippen molar-refractivity contribution in [2.45, 2.75) is 61.7 Å². The predicted molar refractivity (Wildman–Crippen MR) is 105 cm³/mol. The van der Waals surface area contributed by atoms with E-state index in [1.165, 1.54) is 18.2 Å². The zero-order valence-electron chi connectivity index (χ0n) is 16.5. The third kappa shape index (κ3) is 5.14. The van der Waals surface area contributed by atoms with Gasteiger partial charge in [-0.05, 0) is 57.5 Å². The van der Waals surface area contributed by atoms with Gasteiger partial charge in [0.15, 0.2) is 0 Å². The third-order valence-corrected chi connectivity index (χ3v) is 5.95. The summed E-state index contributed by atoms with van der Waals surface area (Å²) in [5, 5.41) is 14.5. The van der Waals surface area contributed by atoms with Crippen LogP contribution in [-0.4, -0.2) is 43.8 Å². The Bertz CT molecular complexity index is 876. The first-order valence-electron chi connectivity index (χ1n) is 9.38. The summed E-state index contributed by atoms with van der Waals surface area (Å²) in [6.07, 6.45) is 4.86. The number of hydrogen-bond acceptors (Lipinski definition) is 4. The lowest BCUT2D eigenvalue weighted by molar-refractivity contribution is -0.0328. The summed E-state index contributed by atoms with van der Waals surface area (Å²) in [7, 11) is 0. The van der Waals surface area contributed by atoms with Crippen LogP contribution in [0, 0.1) is 0 Å². The number of piperidine rings is 1. The molecule has 1 saturated heterocycles. The molecule has 29 heavy (non-hydrogen) atoms. The van der Waals surface area contributed by atoms with Crippen molar-refractivity contribution in [1.29, 1.82) is 0 Å². The molecule has 9 heteroatoms. The fraction of sp³-hybridized carbons (Fsp3) is 0.500. The number of aromatic nitrogens is 2. The van der Waals surface area contributed by atoms with Crippen LogP contribution in [0.25, 0.3) is 0 Å². The van der Waals surface area contributed by atoms with Crippen LogP contribution >= 0.6 is 11.8 Å². The molecule has 2 aromatic rings. The van der Waals surface area contributed by atoms with Crippen molar-refractivity contribution in [2.75, 3.05) is 6.54 Å². The maximum atomic E-state index is 13.1. The number of carbonyl (C=O) groups excluding carboxylic acids is 1. The summed E-state index contributed by atoms with van der Waals surface area (Å²) in [6, 6.07) is 5.63. The largest absolute Gasteiger partial charge is 0.446 e. The summed E-state index contributed by atoms with van der Waals surface area (Å²) < 4.78 is 40.4. The molecule has 1 fully saturated rings. The van der Waals surface area contributed by atoms with Gasteiger partial charge in [0, 0.05) is 29.2 Å². The van der Waals surface area contributed by atoms with Crippen molar-refractivity contribution in [3.05, 3.63) is 47.8 Å². The Morgan fingerprint density at radius 2 is 1.93 bits per heavy atom. The van der Waals surface area contributed by atoms with Crippen molar-refractivity contribution >= 4 is 17.7 Å². The molecule has 2 atom stereocenters. The minimum absolute atomic E-state index is 0.0555. The average molecular weight is 427 g/mol. The number of carbonyl (C=O) groups is 1. The fourth-order valence-electron chi connectivity index (χ4n) is 3.45. The highest BCUT2D eigenvalue weighted by molar-refractivity contribution is 8.00. The molecule has 1 N–H and O–H groups in total. The maximum Gasteiger partial charge on any atom is 0.446 e. The average Bonchev–Trinajstić information content (AvgIpc) is 3.11. The quantitative estimate of drug-likeness (QED) is 0.726. The van der Waals surface area contributed by atoms with Gasteiger partial charge in [0.1, 0.15) is 0 Å². The molecule has 1 amide bonds. The highest BCUT2D eigenvalue weighted by Gasteiger charge is 2.35. The molecule has 1 aliphatic heterocycles. The highest BCUT2D eigenvalue weighted by Crippen LogP contribution is 2.39. The van der Waals surface area contributed by atoms with Crippen LogP contribution < -0.4 is 0 Å². The fourth-order valence-corrected chi connectivity index (χ4v) is 4.11. The number of halogens is 3. The van der Waals surface area contributed by atoms with E-state index < -0.39 is 17.0 Å². The van der Waals surface area contributed by atoms with Gasteiger partial charge in [0.05, 0.1) is 23.4 Å². The highest BCUT2D eigenvalue weighted by atomic mass is 32.2. The Morgan fingerprint density at radius 1 is 1.24 bits per heavy atom. The molecule has 0 unspecified atom stereocenters. The smallest absolute Gasteiger partial charge is 0.386 e. The molecule has 1 aromatic heterocycles. The normalized spacial score (nSPS) is 20.7. The SMILES string of the molecule is C[C@@H]1CC[C@@H](n2cc(C(C)(C)O)cn2)CN1C(=O)c1ccccc1SC(F)(F)F. The monoisotopic (exact) mass is 427 g/mol. The zero-order chi connectivity index (χ0) is 21.4. The van der Waals surface area contributed by atoms with Crippen molar-refractivity contribution in [1.82, 2.24) is 14.7 Å². The van der Waals surface area contributed by atoms with Crippen LogP contribution in [0.1, 0.15) is 55.6 Å². The Hall–Kier alpha value is -2.00. The van der Waals surface area contributed by atoms with Crippen LogP contribution in [0.5, 0.6) is 0 Å². The summed E-state index contributed by atoms with van der Waals surface area (Å²) >= 11 is -0.269. The number of nitrogens with zero attached hydrogens (tertiary/aromatic N) is 3. The first-order chi connectivity index (χ1) is 13.5. The number of hydrogen-bond donors (Lipinski definition) is 1. The van der Waals surface area contributed by atoms with E-state index in [1.54, 1.807) is 41.9 Å². The maximum absolute atomic E-state index is 13.1. The Kier molecular flexibility index (Phi) is 6.01. The minimum Gasteiger partial charge on any atom is -0.386 e. The molecule has 1 aromatic carbocycles. The van der Waals surface area contributed by atoms with Crippen molar-refractivity contribution in [3.63, 3.8) is 0 Å². The van der Waals surface area contributed by atoms with E-state index in [-0.39, 0.29) is 34.3 Å². The molecule has 0 bridgehead atoms. The van der Waals surface area contributed by atoms with Gasteiger partial charge in [-0.3, -0.25) is 9.48 Å². The van der Waals surface area contributed by atoms with Crippen molar-refractivity contribution in [2.24, 2.45) is 0 Å². The van der Waals surface area contributed by atoms with E-state index in [4.69, 9.17) is 0 Å². The molecule has 0 spiro atoms. The molecule has 158 valence electrons. The van der Waals surface area contributed by atoms with E-state index in [0.29, 0.717) is 18.5 Å². The number of likely N-dealkylation sites (tertiary alicyclic amines) is 1. The van der Waals surface area contributed by atoms with Gasteiger partial charge in [-0.15, -0.1) is 0 Å². The molecular formula is C20H24F3N3O2S. The van der Waals surface area contributed by atoms with Gasteiger partial charge in [-0.2, -0.15) is 18.3 Å². The first kappa shape index (κ1) is 21.7. The Labute approximate surface area is 171 Å². The zero-order valence-corrected chi connectivity index (χ0v) is 17.3. The van der Waals surface area contributed by atoms with Gasteiger partial charge in [-0.1, -0.05) is 12.1 Å². The van der Waals surface area contributed by atoms with Crippen LogP contribution in [0.3, 0.4) is 0 Å². The standard InChI is InChI=1S/C20H24F3N3O2S/c1-13-8-9-15(26-11-14(10-24-26)19(2,3)28)12-25(13)18(27)16-6-4-5-7-17(16)29-20(21,22)23/h4-7,10-11,13,15,28H,8-9,12H2,1-3H3/t13-,15-/m1/s1. The van der Waals surface area contributed by atoms with Gasteiger partial charge in [0.25, 0.3) is 5.91 Å². The molecule has 0 radical (unpaired) electrons.